The van der Waals surface area contributed by atoms with Crippen molar-refractivity contribution < 1.29 is 14.7 Å². The highest BCUT2D eigenvalue weighted by molar-refractivity contribution is 5.77. The number of nitrogens with one attached hydrogen (secondary N) is 1. The molecule has 1 aliphatic heterocycles. The first-order valence-electron chi connectivity index (χ1n) is 6.75. The summed E-state index contributed by atoms with van der Waals surface area (Å²) in [4.78, 5) is 26.8. The largest absolute Gasteiger partial charge is 0.481 e. The van der Waals surface area contributed by atoms with Crippen LogP contribution in [-0.4, -0.2) is 73.1 Å². The number of carboxylic acids is 1. The van der Waals surface area contributed by atoms with Crippen LogP contribution in [0, 0.1) is 5.92 Å². The first kappa shape index (κ1) is 15.9. The third-order valence-electron chi connectivity index (χ3n) is 3.57. The summed E-state index contributed by atoms with van der Waals surface area (Å²) in [5.41, 5.74) is 0. The number of carboxylic acid groups (broad SMARTS) is 1. The van der Waals surface area contributed by atoms with Crippen molar-refractivity contribution in [3.05, 3.63) is 0 Å². The van der Waals surface area contributed by atoms with Crippen molar-refractivity contribution in [2.45, 2.75) is 25.8 Å². The summed E-state index contributed by atoms with van der Waals surface area (Å²) in [6, 6.07) is 0.331. The highest BCUT2D eigenvalue weighted by atomic mass is 16.4. The van der Waals surface area contributed by atoms with Gasteiger partial charge in [-0.1, -0.05) is 6.92 Å². The maximum Gasteiger partial charge on any atom is 0.303 e. The number of piperazine rings is 1. The van der Waals surface area contributed by atoms with Crippen molar-refractivity contribution >= 4 is 11.9 Å². The molecule has 19 heavy (non-hydrogen) atoms. The van der Waals surface area contributed by atoms with Crippen molar-refractivity contribution in [1.29, 1.82) is 0 Å². The normalized spacial score (nSPS) is 23.0. The van der Waals surface area contributed by atoms with E-state index in [0.717, 1.165) is 19.6 Å². The molecule has 6 heteroatoms. The van der Waals surface area contributed by atoms with Crippen LogP contribution in [0.15, 0.2) is 0 Å². The van der Waals surface area contributed by atoms with Gasteiger partial charge in [0.2, 0.25) is 5.91 Å². The molecule has 2 unspecified atom stereocenters. The monoisotopic (exact) mass is 271 g/mol. The predicted octanol–water partition coefficient (Wildman–Crippen LogP) is -0.151. The smallest absolute Gasteiger partial charge is 0.303 e. The first-order valence-corrected chi connectivity index (χ1v) is 6.75. The maximum absolute atomic E-state index is 11.7. The van der Waals surface area contributed by atoms with E-state index in [0.29, 0.717) is 12.6 Å². The Hall–Kier alpha value is -1.14. The highest BCUT2D eigenvalue weighted by Crippen LogP contribution is 2.08. The Morgan fingerprint density at radius 3 is 2.63 bits per heavy atom. The minimum absolute atomic E-state index is 0.0412. The number of hydrogen-bond acceptors (Lipinski definition) is 4. The summed E-state index contributed by atoms with van der Waals surface area (Å²) >= 11 is 0. The van der Waals surface area contributed by atoms with Crippen molar-refractivity contribution in [2.24, 2.45) is 5.92 Å². The molecule has 0 aromatic heterocycles. The van der Waals surface area contributed by atoms with Crippen LogP contribution in [0.5, 0.6) is 0 Å². The Balaban J connectivity index is 2.27. The molecule has 1 aliphatic rings. The Morgan fingerprint density at radius 1 is 1.32 bits per heavy atom. The Morgan fingerprint density at radius 2 is 2.00 bits per heavy atom. The second kappa shape index (κ2) is 7.45. The lowest BCUT2D eigenvalue weighted by Gasteiger charge is -2.37. The van der Waals surface area contributed by atoms with Crippen LogP contribution in [0.1, 0.15) is 19.8 Å². The highest BCUT2D eigenvalue weighted by Gasteiger charge is 2.22. The quantitative estimate of drug-likeness (QED) is 0.703. The number of likely N-dealkylation sites (N-methyl/N-ethyl adjacent to an activating group) is 2. The van der Waals surface area contributed by atoms with Gasteiger partial charge >= 0.3 is 5.97 Å². The molecule has 110 valence electrons. The fourth-order valence-electron chi connectivity index (χ4n) is 2.31. The molecule has 0 aromatic rings. The molecule has 1 heterocycles. The van der Waals surface area contributed by atoms with Gasteiger partial charge in [0.25, 0.3) is 0 Å². The number of carbonyl (C=O) groups is 2. The second-order valence-corrected chi connectivity index (χ2v) is 5.61. The third kappa shape index (κ3) is 6.02. The summed E-state index contributed by atoms with van der Waals surface area (Å²) < 4.78 is 0. The molecule has 0 radical (unpaired) electrons. The van der Waals surface area contributed by atoms with Crippen molar-refractivity contribution in [1.82, 2.24) is 15.1 Å². The minimum atomic E-state index is -0.853. The molecule has 2 atom stereocenters. The molecule has 1 amide bonds. The zero-order chi connectivity index (χ0) is 14.4. The number of rotatable bonds is 6. The van der Waals surface area contributed by atoms with E-state index in [1.54, 1.807) is 6.92 Å². The van der Waals surface area contributed by atoms with Gasteiger partial charge < -0.3 is 15.3 Å². The topological polar surface area (TPSA) is 72.9 Å². The number of aliphatic carboxylic acids is 1. The van der Waals surface area contributed by atoms with Crippen LogP contribution in [-0.2, 0) is 9.59 Å². The van der Waals surface area contributed by atoms with Crippen LogP contribution in [0.2, 0.25) is 0 Å². The molecule has 1 saturated heterocycles. The summed E-state index contributed by atoms with van der Waals surface area (Å²) in [5.74, 6) is -1.03. The molecule has 0 aliphatic carbocycles. The lowest BCUT2D eigenvalue weighted by molar-refractivity contribution is -0.138. The Bertz CT molecular complexity index is 322. The maximum atomic E-state index is 11.7. The molecule has 6 nitrogen and oxygen atoms in total. The van der Waals surface area contributed by atoms with Gasteiger partial charge in [-0.25, -0.2) is 0 Å². The molecule has 1 fully saturated rings. The van der Waals surface area contributed by atoms with E-state index in [-0.39, 0.29) is 24.7 Å². The fraction of sp³-hybridized carbons (Fsp3) is 0.846. The summed E-state index contributed by atoms with van der Waals surface area (Å²) in [6.07, 6.45) is 0.318. The lowest BCUT2D eigenvalue weighted by Crippen LogP contribution is -2.54. The van der Waals surface area contributed by atoms with Gasteiger partial charge in [-0.15, -0.1) is 0 Å². The standard InChI is InChI=1S/C13H25N3O3/c1-10(7-13(18)19)6-12(17)14-8-11-9-15(2)4-5-16(11)3/h10-11H,4-9H2,1-3H3,(H,14,17)(H,18,19). The molecule has 1 rings (SSSR count). The average Bonchev–Trinajstić information content (AvgIpc) is 2.29. The van der Waals surface area contributed by atoms with Crippen LogP contribution in [0.25, 0.3) is 0 Å². The Labute approximate surface area is 114 Å². The zero-order valence-corrected chi connectivity index (χ0v) is 12.1. The van der Waals surface area contributed by atoms with E-state index in [9.17, 15) is 9.59 Å². The van der Waals surface area contributed by atoms with Gasteiger partial charge in [0.15, 0.2) is 0 Å². The number of amides is 1. The van der Waals surface area contributed by atoms with Gasteiger partial charge in [-0.2, -0.15) is 0 Å². The van der Waals surface area contributed by atoms with Gasteiger partial charge in [-0.3, -0.25) is 14.5 Å². The molecular formula is C13H25N3O3. The van der Waals surface area contributed by atoms with Gasteiger partial charge in [0.05, 0.1) is 0 Å². The number of nitrogens with zero attached hydrogens (tertiary/aromatic N) is 2. The molecular weight excluding hydrogens is 246 g/mol. The van der Waals surface area contributed by atoms with Gasteiger partial charge in [0.1, 0.15) is 0 Å². The zero-order valence-electron chi connectivity index (χ0n) is 12.1. The number of hydrogen-bond donors (Lipinski definition) is 2. The van der Waals surface area contributed by atoms with Gasteiger partial charge in [-0.05, 0) is 20.0 Å². The van der Waals surface area contributed by atoms with Crippen LogP contribution in [0.3, 0.4) is 0 Å². The van der Waals surface area contributed by atoms with E-state index in [2.05, 4.69) is 29.2 Å². The van der Waals surface area contributed by atoms with Crippen molar-refractivity contribution in [3.63, 3.8) is 0 Å². The molecule has 0 saturated carbocycles. The van der Waals surface area contributed by atoms with Crippen molar-refractivity contribution in [2.75, 3.05) is 40.3 Å². The summed E-state index contributed by atoms with van der Waals surface area (Å²) in [5, 5.41) is 11.6. The van der Waals surface area contributed by atoms with Crippen LogP contribution in [0.4, 0.5) is 0 Å². The van der Waals surface area contributed by atoms with E-state index >= 15 is 0 Å². The second-order valence-electron chi connectivity index (χ2n) is 5.61. The average molecular weight is 271 g/mol. The summed E-state index contributed by atoms with van der Waals surface area (Å²) in [6.45, 7) is 5.41. The number of carbonyl (C=O) groups excluding carboxylic acids is 1. The van der Waals surface area contributed by atoms with E-state index in [1.807, 2.05) is 0 Å². The van der Waals surface area contributed by atoms with Crippen LogP contribution >= 0.6 is 0 Å². The SMILES string of the molecule is CC(CC(=O)O)CC(=O)NCC1CN(C)CCN1C. The third-order valence-corrected chi connectivity index (χ3v) is 3.57. The summed E-state index contributed by atoms with van der Waals surface area (Å²) in [7, 11) is 4.15. The van der Waals surface area contributed by atoms with E-state index in [1.165, 1.54) is 0 Å². The Kier molecular flexibility index (Phi) is 6.24. The van der Waals surface area contributed by atoms with E-state index < -0.39 is 5.97 Å². The van der Waals surface area contributed by atoms with Crippen LogP contribution < -0.4 is 5.32 Å². The first-order chi connectivity index (χ1) is 8.88. The van der Waals surface area contributed by atoms with Crippen molar-refractivity contribution in [3.8, 4) is 0 Å². The molecule has 0 bridgehead atoms. The fourth-order valence-corrected chi connectivity index (χ4v) is 2.31. The lowest BCUT2D eigenvalue weighted by atomic mass is 10.0. The van der Waals surface area contributed by atoms with Gasteiger partial charge in [0, 0.05) is 45.1 Å². The molecule has 0 spiro atoms. The van der Waals surface area contributed by atoms with E-state index in [4.69, 9.17) is 5.11 Å². The molecule has 0 aromatic carbocycles. The predicted molar refractivity (Wildman–Crippen MR) is 73.0 cm³/mol. The minimum Gasteiger partial charge on any atom is -0.481 e. The molecule has 2 N–H and O–H groups in total.